The maximum atomic E-state index is 13.9. The van der Waals surface area contributed by atoms with Gasteiger partial charge in [-0.1, -0.05) is 33.8 Å². The normalized spacial score (nSPS) is 21.1. The minimum absolute atomic E-state index is 0.0985. The van der Waals surface area contributed by atoms with Crippen molar-refractivity contribution in [3.05, 3.63) is 12.7 Å². The molecule has 1 rings (SSSR count). The van der Waals surface area contributed by atoms with Crippen molar-refractivity contribution in [1.29, 1.82) is 0 Å². The van der Waals surface area contributed by atoms with Gasteiger partial charge < -0.3 is 9.84 Å². The average Bonchev–Trinajstić information content (AvgIpc) is 2.90. The molecule has 2 amide bonds. The monoisotopic (exact) mass is 393 g/mol. The summed E-state index contributed by atoms with van der Waals surface area (Å²) in [5, 5.41) is 9.34. The highest BCUT2D eigenvalue weighted by molar-refractivity contribution is 5.95. The molecule has 1 aliphatic heterocycles. The number of imide groups is 1. The summed E-state index contributed by atoms with van der Waals surface area (Å²) in [6.45, 7) is 9.47. The molecule has 6 nitrogen and oxygen atoms in total. The molecule has 0 unspecified atom stereocenters. The lowest BCUT2D eigenvalue weighted by molar-refractivity contribution is -0.215. The van der Waals surface area contributed by atoms with Gasteiger partial charge in [0.25, 0.3) is 0 Å². The molecular weight excluding hydrogens is 367 g/mol. The van der Waals surface area contributed by atoms with E-state index in [0.29, 0.717) is 0 Å². The predicted octanol–water partition coefficient (Wildman–Crippen LogP) is 3.72. The van der Waals surface area contributed by atoms with Crippen molar-refractivity contribution in [1.82, 2.24) is 4.90 Å². The number of hydrogen-bond acceptors (Lipinski definition) is 4. The average molecular weight is 393 g/mol. The van der Waals surface area contributed by atoms with Gasteiger partial charge in [0.2, 0.25) is 5.91 Å². The van der Waals surface area contributed by atoms with Crippen LogP contribution in [0.15, 0.2) is 12.7 Å². The van der Waals surface area contributed by atoms with Crippen molar-refractivity contribution in [2.45, 2.75) is 46.3 Å². The van der Waals surface area contributed by atoms with E-state index in [-0.39, 0.29) is 12.5 Å². The Balaban J connectivity index is 3.44. The second kappa shape index (κ2) is 8.75. The Morgan fingerprint density at radius 2 is 1.89 bits per heavy atom. The van der Waals surface area contributed by atoms with Crippen LogP contribution in [0.1, 0.15) is 34.1 Å². The third-order valence-electron chi connectivity index (χ3n) is 4.85. The quantitative estimate of drug-likeness (QED) is 0.636. The van der Waals surface area contributed by atoms with Crippen LogP contribution in [-0.4, -0.2) is 46.8 Å². The molecule has 4 atom stereocenters. The van der Waals surface area contributed by atoms with E-state index < -0.39 is 60.3 Å². The van der Waals surface area contributed by atoms with Gasteiger partial charge in [0.05, 0.1) is 23.8 Å². The smallest absolute Gasteiger partial charge is 0.416 e. The molecule has 27 heavy (non-hydrogen) atoms. The summed E-state index contributed by atoms with van der Waals surface area (Å²) >= 11 is 0. The number of carboxylic acids is 1. The standard InChI is InChI=1S/C18H26F3NO5/c1-6-7-11(16(24)25)14(18(19,20)21)13(10(4)5)15(23)22-12(9(2)3)8-27-17(22)26/h6,9-14H,1,7-8H2,2-5H3,(H,24,25)/t11-,12-,13-,14-/m1/s1. The van der Waals surface area contributed by atoms with Crippen molar-refractivity contribution in [2.75, 3.05) is 6.61 Å². The lowest BCUT2D eigenvalue weighted by atomic mass is 9.73. The van der Waals surface area contributed by atoms with E-state index in [1.165, 1.54) is 13.8 Å². The van der Waals surface area contributed by atoms with Gasteiger partial charge in [-0.25, -0.2) is 9.69 Å². The fourth-order valence-electron chi connectivity index (χ4n) is 3.46. The van der Waals surface area contributed by atoms with E-state index >= 15 is 0 Å². The molecule has 9 heteroatoms. The number of rotatable bonds is 8. The molecule has 1 N–H and O–H groups in total. The van der Waals surface area contributed by atoms with E-state index in [1.54, 1.807) is 13.8 Å². The summed E-state index contributed by atoms with van der Waals surface area (Å²) in [5.41, 5.74) is 0. The fraction of sp³-hybridized carbons (Fsp3) is 0.722. The van der Waals surface area contributed by atoms with Crippen LogP contribution in [0, 0.1) is 29.6 Å². The largest absolute Gasteiger partial charge is 0.481 e. The minimum Gasteiger partial charge on any atom is -0.481 e. The van der Waals surface area contributed by atoms with Gasteiger partial charge in [0.1, 0.15) is 6.61 Å². The second-order valence-electron chi connectivity index (χ2n) is 7.40. The Labute approximate surface area is 156 Å². The third kappa shape index (κ3) is 5.01. The van der Waals surface area contributed by atoms with E-state index in [9.17, 15) is 32.7 Å². The summed E-state index contributed by atoms with van der Waals surface area (Å²) in [6.07, 6.45) is -5.32. The lowest BCUT2D eigenvalue weighted by Gasteiger charge is -2.36. The molecule has 0 spiro atoms. The number of hydrogen-bond donors (Lipinski definition) is 1. The van der Waals surface area contributed by atoms with E-state index in [1.807, 2.05) is 0 Å². The number of halogens is 3. The van der Waals surface area contributed by atoms with Gasteiger partial charge in [-0.3, -0.25) is 9.59 Å². The molecule has 1 fully saturated rings. The summed E-state index contributed by atoms with van der Waals surface area (Å²) < 4.78 is 46.5. The Hall–Kier alpha value is -2.06. The topological polar surface area (TPSA) is 83.9 Å². The van der Waals surface area contributed by atoms with Gasteiger partial charge in [-0.2, -0.15) is 13.2 Å². The molecule has 0 aliphatic carbocycles. The molecule has 0 aromatic heterocycles. The van der Waals surface area contributed by atoms with Crippen LogP contribution in [0.4, 0.5) is 18.0 Å². The number of aliphatic carboxylic acids is 1. The highest BCUT2D eigenvalue weighted by Crippen LogP contribution is 2.44. The van der Waals surface area contributed by atoms with Crippen LogP contribution in [0.3, 0.4) is 0 Å². The first-order valence-corrected chi connectivity index (χ1v) is 8.74. The zero-order chi connectivity index (χ0) is 21.1. The van der Waals surface area contributed by atoms with Crippen molar-refractivity contribution < 1.29 is 37.4 Å². The van der Waals surface area contributed by atoms with Crippen molar-refractivity contribution >= 4 is 18.0 Å². The summed E-state index contributed by atoms with van der Waals surface area (Å²) in [4.78, 5) is 37.3. The van der Waals surface area contributed by atoms with Gasteiger partial charge in [0.15, 0.2) is 0 Å². The summed E-state index contributed by atoms with van der Waals surface area (Å²) in [6, 6.07) is -0.692. The summed E-state index contributed by atoms with van der Waals surface area (Å²) in [7, 11) is 0. The molecule has 0 saturated carbocycles. The number of alkyl halides is 3. The van der Waals surface area contributed by atoms with Crippen LogP contribution < -0.4 is 0 Å². The highest BCUT2D eigenvalue weighted by Gasteiger charge is 2.56. The predicted molar refractivity (Wildman–Crippen MR) is 90.6 cm³/mol. The highest BCUT2D eigenvalue weighted by atomic mass is 19.4. The number of carbonyl (C=O) groups excluding carboxylic acids is 2. The SMILES string of the molecule is C=CC[C@@H](C(=O)O)[C@H]([C@H](C(=O)N1C(=O)OC[C@@H]1C(C)C)C(C)C)C(F)(F)F. The Kier molecular flexibility index (Phi) is 7.45. The molecule has 0 aromatic rings. The van der Waals surface area contributed by atoms with Crippen LogP contribution in [0.25, 0.3) is 0 Å². The van der Waals surface area contributed by atoms with Gasteiger partial charge in [-0.15, -0.1) is 6.58 Å². The van der Waals surface area contributed by atoms with Crippen LogP contribution in [0.2, 0.25) is 0 Å². The van der Waals surface area contributed by atoms with Gasteiger partial charge in [0, 0.05) is 0 Å². The van der Waals surface area contributed by atoms with Crippen LogP contribution in [0.5, 0.6) is 0 Å². The number of carboxylic acid groups (broad SMARTS) is 1. The van der Waals surface area contributed by atoms with E-state index in [2.05, 4.69) is 6.58 Å². The van der Waals surface area contributed by atoms with Crippen molar-refractivity contribution in [3.63, 3.8) is 0 Å². The molecule has 1 heterocycles. The number of nitrogens with zero attached hydrogens (tertiary/aromatic N) is 1. The molecule has 1 saturated heterocycles. The molecule has 1 aliphatic rings. The van der Waals surface area contributed by atoms with Crippen LogP contribution >= 0.6 is 0 Å². The fourth-order valence-corrected chi connectivity index (χ4v) is 3.46. The van der Waals surface area contributed by atoms with Gasteiger partial charge >= 0.3 is 18.2 Å². The van der Waals surface area contributed by atoms with Crippen molar-refractivity contribution in [3.8, 4) is 0 Å². The van der Waals surface area contributed by atoms with Gasteiger partial charge in [-0.05, 0) is 18.3 Å². The first-order valence-electron chi connectivity index (χ1n) is 8.74. The van der Waals surface area contributed by atoms with E-state index in [0.717, 1.165) is 11.0 Å². The van der Waals surface area contributed by atoms with Crippen molar-refractivity contribution in [2.24, 2.45) is 29.6 Å². The molecule has 0 bridgehead atoms. The minimum atomic E-state index is -4.95. The molecule has 0 radical (unpaired) electrons. The Morgan fingerprint density at radius 3 is 2.26 bits per heavy atom. The zero-order valence-electron chi connectivity index (χ0n) is 15.8. The van der Waals surface area contributed by atoms with E-state index in [4.69, 9.17) is 4.74 Å². The lowest BCUT2D eigenvalue weighted by Crippen LogP contribution is -2.52. The maximum Gasteiger partial charge on any atom is 0.416 e. The van der Waals surface area contributed by atoms with Crippen LogP contribution in [-0.2, 0) is 14.3 Å². The molecule has 0 aromatic carbocycles. The number of carbonyl (C=O) groups is 3. The summed E-state index contributed by atoms with van der Waals surface area (Å²) in [5.74, 6) is -9.86. The maximum absolute atomic E-state index is 13.9. The number of cyclic esters (lactones) is 1. The Morgan fingerprint density at radius 1 is 1.33 bits per heavy atom. The number of allylic oxidation sites excluding steroid dienone is 1. The number of amides is 2. The first-order chi connectivity index (χ1) is 12.3. The molecule has 154 valence electrons. The zero-order valence-corrected chi connectivity index (χ0v) is 15.8. The molecular formula is C18H26F3NO5. The second-order valence-corrected chi connectivity index (χ2v) is 7.40. The number of ether oxygens (including phenoxy) is 1. The third-order valence-corrected chi connectivity index (χ3v) is 4.85. The first kappa shape index (κ1) is 23.0. The Bertz CT molecular complexity index is 588.